The molecule has 1 amide bonds. The number of carbonyl (C=O) groups excluding carboxylic acids is 1. The van der Waals surface area contributed by atoms with Crippen molar-refractivity contribution in [2.24, 2.45) is 0 Å². The van der Waals surface area contributed by atoms with E-state index in [2.05, 4.69) is 5.32 Å². The minimum absolute atomic E-state index is 0.0390. The van der Waals surface area contributed by atoms with Crippen LogP contribution >= 0.6 is 0 Å². The number of benzene rings is 3. The van der Waals surface area contributed by atoms with Gasteiger partial charge in [-0.2, -0.15) is 0 Å². The van der Waals surface area contributed by atoms with E-state index >= 15 is 0 Å². The predicted octanol–water partition coefficient (Wildman–Crippen LogP) is 4.98. The number of hydrogen-bond donors (Lipinski definition) is 1. The van der Waals surface area contributed by atoms with Gasteiger partial charge in [0, 0.05) is 17.3 Å². The Hall–Kier alpha value is -3.67. The standard InChI is InChI=1S/C22H20N2O4/c1-15-8-11-19(14-21(15)24(26)27)23-22(25)16(2)28-20-12-9-18(10-13-20)17-6-4-3-5-7-17/h3-14,16H,1-2H3,(H,23,25). The second-order valence-electron chi connectivity index (χ2n) is 6.40. The van der Waals surface area contributed by atoms with Crippen LogP contribution in [0.25, 0.3) is 11.1 Å². The number of nitro groups is 1. The molecule has 3 rings (SSSR count). The van der Waals surface area contributed by atoms with E-state index in [1.165, 1.54) is 6.07 Å². The zero-order chi connectivity index (χ0) is 20.1. The number of anilines is 1. The molecule has 1 atom stereocenters. The molecule has 0 spiro atoms. The summed E-state index contributed by atoms with van der Waals surface area (Å²) in [6, 6.07) is 22.0. The van der Waals surface area contributed by atoms with Gasteiger partial charge in [-0.15, -0.1) is 0 Å². The Balaban J connectivity index is 1.64. The molecule has 0 heterocycles. The molecule has 28 heavy (non-hydrogen) atoms. The smallest absolute Gasteiger partial charge is 0.274 e. The quantitative estimate of drug-likeness (QED) is 0.486. The molecule has 0 aliphatic heterocycles. The van der Waals surface area contributed by atoms with E-state index in [-0.39, 0.29) is 11.6 Å². The van der Waals surface area contributed by atoms with Crippen LogP contribution in [0.4, 0.5) is 11.4 Å². The maximum Gasteiger partial charge on any atom is 0.274 e. The number of nitrogens with one attached hydrogen (secondary N) is 1. The van der Waals surface area contributed by atoms with Crippen LogP contribution in [-0.2, 0) is 4.79 Å². The summed E-state index contributed by atoms with van der Waals surface area (Å²) >= 11 is 0. The molecule has 142 valence electrons. The average Bonchev–Trinajstić information content (AvgIpc) is 2.70. The van der Waals surface area contributed by atoms with Gasteiger partial charge in [0.25, 0.3) is 11.6 Å². The number of carbonyl (C=O) groups is 1. The Labute approximate surface area is 162 Å². The molecule has 0 aliphatic rings. The third-order valence-corrected chi connectivity index (χ3v) is 4.32. The zero-order valence-electron chi connectivity index (χ0n) is 15.6. The second-order valence-corrected chi connectivity index (χ2v) is 6.40. The van der Waals surface area contributed by atoms with Crippen molar-refractivity contribution in [1.29, 1.82) is 0 Å². The summed E-state index contributed by atoms with van der Waals surface area (Å²) in [5.41, 5.74) is 3.00. The molecule has 0 fully saturated rings. The van der Waals surface area contributed by atoms with E-state index in [4.69, 9.17) is 4.74 Å². The Kier molecular flexibility index (Phi) is 5.69. The van der Waals surface area contributed by atoms with E-state index in [0.717, 1.165) is 11.1 Å². The first-order valence-electron chi connectivity index (χ1n) is 8.82. The first-order chi connectivity index (χ1) is 13.4. The Morgan fingerprint density at radius 3 is 2.29 bits per heavy atom. The molecule has 0 aliphatic carbocycles. The van der Waals surface area contributed by atoms with E-state index in [1.54, 1.807) is 26.0 Å². The van der Waals surface area contributed by atoms with Gasteiger partial charge in [0.2, 0.25) is 0 Å². The van der Waals surface area contributed by atoms with Gasteiger partial charge in [0.05, 0.1) is 4.92 Å². The van der Waals surface area contributed by atoms with Crippen LogP contribution in [0.15, 0.2) is 72.8 Å². The number of nitrogens with zero attached hydrogens (tertiary/aromatic N) is 1. The normalized spacial score (nSPS) is 11.5. The average molecular weight is 376 g/mol. The molecular formula is C22H20N2O4. The SMILES string of the molecule is Cc1ccc(NC(=O)C(C)Oc2ccc(-c3ccccc3)cc2)cc1[N+](=O)[O-]. The van der Waals surface area contributed by atoms with Crippen molar-refractivity contribution in [3.8, 4) is 16.9 Å². The van der Waals surface area contributed by atoms with Crippen LogP contribution in [0.1, 0.15) is 12.5 Å². The molecule has 1 N–H and O–H groups in total. The Morgan fingerprint density at radius 2 is 1.64 bits per heavy atom. The number of aryl methyl sites for hydroxylation is 1. The first-order valence-corrected chi connectivity index (χ1v) is 8.82. The molecule has 0 saturated heterocycles. The van der Waals surface area contributed by atoms with Crippen LogP contribution in [0.3, 0.4) is 0 Å². The van der Waals surface area contributed by atoms with Crippen LogP contribution in [0.2, 0.25) is 0 Å². The number of ether oxygens (including phenoxy) is 1. The molecule has 0 bridgehead atoms. The highest BCUT2D eigenvalue weighted by atomic mass is 16.6. The highest BCUT2D eigenvalue weighted by Crippen LogP contribution is 2.24. The lowest BCUT2D eigenvalue weighted by atomic mass is 10.1. The molecule has 0 aromatic heterocycles. The highest BCUT2D eigenvalue weighted by molar-refractivity contribution is 5.94. The molecule has 1 unspecified atom stereocenters. The molecule has 6 nitrogen and oxygen atoms in total. The zero-order valence-corrected chi connectivity index (χ0v) is 15.6. The fourth-order valence-electron chi connectivity index (χ4n) is 2.74. The molecule has 3 aromatic rings. The minimum atomic E-state index is -0.761. The van der Waals surface area contributed by atoms with Gasteiger partial charge in [-0.3, -0.25) is 14.9 Å². The summed E-state index contributed by atoms with van der Waals surface area (Å²) in [5.74, 6) is 0.183. The van der Waals surface area contributed by atoms with E-state index in [9.17, 15) is 14.9 Å². The lowest BCUT2D eigenvalue weighted by Crippen LogP contribution is -2.30. The number of nitro benzene ring substituents is 1. The molecule has 6 heteroatoms. The highest BCUT2D eigenvalue weighted by Gasteiger charge is 2.17. The van der Waals surface area contributed by atoms with Crippen molar-refractivity contribution in [1.82, 2.24) is 0 Å². The van der Waals surface area contributed by atoms with Crippen molar-refractivity contribution < 1.29 is 14.5 Å². The van der Waals surface area contributed by atoms with Gasteiger partial charge in [0.15, 0.2) is 6.10 Å². The monoisotopic (exact) mass is 376 g/mol. The maximum absolute atomic E-state index is 12.4. The van der Waals surface area contributed by atoms with E-state index in [0.29, 0.717) is 17.0 Å². The minimum Gasteiger partial charge on any atom is -0.481 e. The lowest BCUT2D eigenvalue weighted by molar-refractivity contribution is -0.385. The van der Waals surface area contributed by atoms with E-state index in [1.807, 2.05) is 54.6 Å². The van der Waals surface area contributed by atoms with Gasteiger partial charge in [0.1, 0.15) is 5.75 Å². The second kappa shape index (κ2) is 8.35. The van der Waals surface area contributed by atoms with Crippen molar-refractivity contribution in [2.75, 3.05) is 5.32 Å². The Bertz CT molecular complexity index is 985. The van der Waals surface area contributed by atoms with Crippen LogP contribution < -0.4 is 10.1 Å². The maximum atomic E-state index is 12.4. The summed E-state index contributed by atoms with van der Waals surface area (Å²) in [6.45, 7) is 3.28. The number of hydrogen-bond acceptors (Lipinski definition) is 4. The number of amides is 1. The van der Waals surface area contributed by atoms with Crippen molar-refractivity contribution in [3.05, 3.63) is 88.5 Å². The summed E-state index contributed by atoms with van der Waals surface area (Å²) < 4.78 is 5.69. The fourth-order valence-corrected chi connectivity index (χ4v) is 2.74. The molecule has 0 saturated carbocycles. The van der Waals surface area contributed by atoms with Crippen LogP contribution in [-0.4, -0.2) is 16.9 Å². The topological polar surface area (TPSA) is 81.5 Å². The summed E-state index contributed by atoms with van der Waals surface area (Å²) in [4.78, 5) is 22.9. The molecule has 3 aromatic carbocycles. The van der Waals surface area contributed by atoms with Crippen LogP contribution in [0.5, 0.6) is 5.75 Å². The molecular weight excluding hydrogens is 356 g/mol. The number of rotatable bonds is 6. The van der Waals surface area contributed by atoms with Gasteiger partial charge in [-0.25, -0.2) is 0 Å². The van der Waals surface area contributed by atoms with E-state index < -0.39 is 11.0 Å². The predicted molar refractivity (Wildman–Crippen MR) is 108 cm³/mol. The Morgan fingerprint density at radius 1 is 1.00 bits per heavy atom. The van der Waals surface area contributed by atoms with Crippen LogP contribution in [0, 0.1) is 17.0 Å². The summed E-state index contributed by atoms with van der Waals surface area (Å²) in [6.07, 6.45) is -0.761. The summed E-state index contributed by atoms with van der Waals surface area (Å²) in [7, 11) is 0. The van der Waals surface area contributed by atoms with Crippen molar-refractivity contribution in [3.63, 3.8) is 0 Å². The largest absolute Gasteiger partial charge is 0.481 e. The van der Waals surface area contributed by atoms with Gasteiger partial charge in [-0.1, -0.05) is 48.5 Å². The third-order valence-electron chi connectivity index (χ3n) is 4.32. The van der Waals surface area contributed by atoms with Crippen molar-refractivity contribution >= 4 is 17.3 Å². The van der Waals surface area contributed by atoms with Crippen molar-refractivity contribution in [2.45, 2.75) is 20.0 Å². The summed E-state index contributed by atoms with van der Waals surface area (Å²) in [5, 5.41) is 13.7. The lowest BCUT2D eigenvalue weighted by Gasteiger charge is -2.15. The van der Waals surface area contributed by atoms with Gasteiger partial charge < -0.3 is 10.1 Å². The first kappa shape index (κ1) is 19.1. The van der Waals surface area contributed by atoms with Gasteiger partial charge in [-0.05, 0) is 43.2 Å². The molecule has 0 radical (unpaired) electrons. The fraction of sp³-hybridized carbons (Fsp3) is 0.136. The third kappa shape index (κ3) is 4.54. The van der Waals surface area contributed by atoms with Gasteiger partial charge >= 0.3 is 0 Å².